The Balaban J connectivity index is 2.17. The molecule has 0 bridgehead atoms. The van der Waals surface area contributed by atoms with Crippen molar-refractivity contribution in [2.45, 2.75) is 13.0 Å². The van der Waals surface area contributed by atoms with Crippen molar-refractivity contribution in [1.82, 2.24) is 19.5 Å². The molecule has 2 aromatic rings. The quantitative estimate of drug-likeness (QED) is 0.636. The number of hydrogen-bond donors (Lipinski definition) is 3. The zero-order chi connectivity index (χ0) is 12.3. The van der Waals surface area contributed by atoms with Crippen LogP contribution in [0.5, 0.6) is 0 Å². The Kier molecular flexibility index (Phi) is 3.50. The molecule has 7 nitrogen and oxygen atoms in total. The lowest BCUT2D eigenvalue weighted by molar-refractivity contribution is 0.218. The second-order valence-electron chi connectivity index (χ2n) is 3.94. The summed E-state index contributed by atoms with van der Waals surface area (Å²) in [6.07, 6.45) is 3.88. The number of aromatic nitrogens is 4. The number of imidazole rings is 1. The summed E-state index contributed by atoms with van der Waals surface area (Å²) in [7, 11) is 0. The summed E-state index contributed by atoms with van der Waals surface area (Å²) < 4.78 is 1.89. The number of hydrogen-bond acceptors (Lipinski definition) is 6. The predicted octanol–water partition coefficient (Wildman–Crippen LogP) is -0.634. The molecule has 0 aliphatic rings. The van der Waals surface area contributed by atoms with Crippen LogP contribution < -0.4 is 11.5 Å². The van der Waals surface area contributed by atoms with E-state index >= 15 is 0 Å². The lowest BCUT2D eigenvalue weighted by atomic mass is 10.1. The van der Waals surface area contributed by atoms with E-state index in [1.165, 1.54) is 6.33 Å². The SMILES string of the molecule is NCC(CO)CCn1cnc2c(N)ncnc21. The fourth-order valence-corrected chi connectivity index (χ4v) is 1.67. The Morgan fingerprint density at radius 2 is 2.18 bits per heavy atom. The highest BCUT2D eigenvalue weighted by Crippen LogP contribution is 2.15. The van der Waals surface area contributed by atoms with Gasteiger partial charge < -0.3 is 21.1 Å². The van der Waals surface area contributed by atoms with E-state index in [-0.39, 0.29) is 12.5 Å². The first-order chi connectivity index (χ1) is 8.26. The van der Waals surface area contributed by atoms with Crippen LogP contribution in [0.4, 0.5) is 5.82 Å². The molecule has 17 heavy (non-hydrogen) atoms. The van der Waals surface area contributed by atoms with Crippen LogP contribution in [0.3, 0.4) is 0 Å². The Labute approximate surface area is 98.5 Å². The monoisotopic (exact) mass is 236 g/mol. The van der Waals surface area contributed by atoms with Gasteiger partial charge in [0.2, 0.25) is 0 Å². The number of nitrogens with zero attached hydrogens (tertiary/aromatic N) is 4. The van der Waals surface area contributed by atoms with Gasteiger partial charge in [0.15, 0.2) is 11.5 Å². The van der Waals surface area contributed by atoms with Crippen LogP contribution in [0, 0.1) is 5.92 Å². The first-order valence-corrected chi connectivity index (χ1v) is 5.48. The standard InChI is InChI=1S/C10H16N6O/c11-3-7(4-17)1-2-16-6-15-8-9(12)13-5-14-10(8)16/h5-7,17H,1-4,11H2,(H2,12,13,14). The predicted molar refractivity (Wildman–Crippen MR) is 64.0 cm³/mol. The molecule has 1 unspecified atom stereocenters. The smallest absolute Gasteiger partial charge is 0.165 e. The zero-order valence-electron chi connectivity index (χ0n) is 9.45. The maximum Gasteiger partial charge on any atom is 0.165 e. The summed E-state index contributed by atoms with van der Waals surface area (Å²) in [6, 6.07) is 0. The maximum atomic E-state index is 9.06. The topological polar surface area (TPSA) is 116 Å². The number of nitrogen functional groups attached to an aromatic ring is 1. The van der Waals surface area contributed by atoms with Crippen LogP contribution in [-0.2, 0) is 6.54 Å². The summed E-state index contributed by atoms with van der Waals surface area (Å²) in [6.45, 7) is 1.27. The fraction of sp³-hybridized carbons (Fsp3) is 0.500. The third-order valence-corrected chi connectivity index (χ3v) is 2.80. The van der Waals surface area contributed by atoms with E-state index in [9.17, 15) is 0 Å². The highest BCUT2D eigenvalue weighted by atomic mass is 16.3. The molecule has 0 aliphatic carbocycles. The van der Waals surface area contributed by atoms with Gasteiger partial charge in [-0.25, -0.2) is 15.0 Å². The number of anilines is 1. The molecule has 92 valence electrons. The van der Waals surface area contributed by atoms with Crippen LogP contribution >= 0.6 is 0 Å². The molecule has 0 amide bonds. The maximum absolute atomic E-state index is 9.06. The minimum Gasteiger partial charge on any atom is -0.396 e. The molecule has 0 spiro atoms. The highest BCUT2D eigenvalue weighted by molar-refractivity contribution is 5.80. The molecule has 1 atom stereocenters. The van der Waals surface area contributed by atoms with Crippen LogP contribution in [-0.4, -0.2) is 37.8 Å². The zero-order valence-corrected chi connectivity index (χ0v) is 9.45. The van der Waals surface area contributed by atoms with Crippen molar-refractivity contribution in [1.29, 1.82) is 0 Å². The molecule has 0 saturated heterocycles. The second kappa shape index (κ2) is 5.07. The number of aryl methyl sites for hydroxylation is 1. The fourth-order valence-electron chi connectivity index (χ4n) is 1.67. The van der Waals surface area contributed by atoms with Gasteiger partial charge in [-0.3, -0.25) is 0 Å². The van der Waals surface area contributed by atoms with E-state index in [0.29, 0.717) is 30.1 Å². The molecule has 0 saturated carbocycles. The van der Waals surface area contributed by atoms with E-state index in [4.69, 9.17) is 16.6 Å². The largest absolute Gasteiger partial charge is 0.396 e. The molecule has 2 rings (SSSR count). The summed E-state index contributed by atoms with van der Waals surface area (Å²) >= 11 is 0. The second-order valence-corrected chi connectivity index (χ2v) is 3.94. The van der Waals surface area contributed by atoms with Gasteiger partial charge in [-0.1, -0.05) is 0 Å². The van der Waals surface area contributed by atoms with Gasteiger partial charge in [0.05, 0.1) is 6.33 Å². The average Bonchev–Trinajstić information content (AvgIpc) is 2.75. The minimum absolute atomic E-state index is 0.0975. The van der Waals surface area contributed by atoms with Crippen molar-refractivity contribution in [3.05, 3.63) is 12.7 Å². The van der Waals surface area contributed by atoms with Gasteiger partial charge in [0.25, 0.3) is 0 Å². The van der Waals surface area contributed by atoms with E-state index in [0.717, 1.165) is 6.42 Å². The molecule has 0 aromatic carbocycles. The Morgan fingerprint density at radius 3 is 2.88 bits per heavy atom. The lowest BCUT2D eigenvalue weighted by Crippen LogP contribution is -2.19. The number of rotatable bonds is 5. The molecular formula is C10H16N6O. The third-order valence-electron chi connectivity index (χ3n) is 2.80. The lowest BCUT2D eigenvalue weighted by Gasteiger charge is -2.11. The van der Waals surface area contributed by atoms with Gasteiger partial charge in [-0.05, 0) is 18.9 Å². The van der Waals surface area contributed by atoms with Crippen LogP contribution in [0.1, 0.15) is 6.42 Å². The van der Waals surface area contributed by atoms with E-state index in [1.807, 2.05) is 4.57 Å². The number of fused-ring (bicyclic) bond motifs is 1. The average molecular weight is 236 g/mol. The van der Waals surface area contributed by atoms with Crippen molar-refractivity contribution < 1.29 is 5.11 Å². The van der Waals surface area contributed by atoms with Crippen LogP contribution in [0.15, 0.2) is 12.7 Å². The summed E-state index contributed by atoms with van der Waals surface area (Å²) in [5.74, 6) is 0.484. The summed E-state index contributed by atoms with van der Waals surface area (Å²) in [5.41, 5.74) is 12.5. The number of aliphatic hydroxyl groups is 1. The summed E-state index contributed by atoms with van der Waals surface area (Å²) in [5, 5.41) is 9.06. The highest BCUT2D eigenvalue weighted by Gasteiger charge is 2.10. The van der Waals surface area contributed by atoms with E-state index in [1.54, 1.807) is 6.33 Å². The molecule has 0 fully saturated rings. The van der Waals surface area contributed by atoms with E-state index < -0.39 is 0 Å². The Morgan fingerprint density at radius 1 is 1.35 bits per heavy atom. The molecular weight excluding hydrogens is 220 g/mol. The van der Waals surface area contributed by atoms with Gasteiger partial charge >= 0.3 is 0 Å². The molecule has 2 heterocycles. The van der Waals surface area contributed by atoms with Crippen molar-refractivity contribution in [2.24, 2.45) is 11.7 Å². The van der Waals surface area contributed by atoms with Gasteiger partial charge in [0, 0.05) is 13.2 Å². The normalized spacial score (nSPS) is 13.1. The minimum atomic E-state index is 0.0975. The number of nitrogens with two attached hydrogens (primary N) is 2. The molecule has 5 N–H and O–H groups in total. The first-order valence-electron chi connectivity index (χ1n) is 5.48. The molecule has 0 aliphatic heterocycles. The van der Waals surface area contributed by atoms with Gasteiger partial charge in [-0.2, -0.15) is 0 Å². The van der Waals surface area contributed by atoms with Crippen molar-refractivity contribution in [3.8, 4) is 0 Å². The van der Waals surface area contributed by atoms with Crippen molar-refractivity contribution in [3.63, 3.8) is 0 Å². The first kappa shape index (κ1) is 11.7. The summed E-state index contributed by atoms with van der Waals surface area (Å²) in [4.78, 5) is 12.2. The molecule has 7 heteroatoms. The Hall–Kier alpha value is -1.73. The third kappa shape index (κ3) is 2.34. The van der Waals surface area contributed by atoms with Crippen LogP contribution in [0.25, 0.3) is 11.2 Å². The van der Waals surface area contributed by atoms with Crippen molar-refractivity contribution in [2.75, 3.05) is 18.9 Å². The Bertz CT molecular complexity index is 493. The van der Waals surface area contributed by atoms with Gasteiger partial charge in [0.1, 0.15) is 11.8 Å². The van der Waals surface area contributed by atoms with Gasteiger partial charge in [-0.15, -0.1) is 0 Å². The molecule has 0 radical (unpaired) electrons. The van der Waals surface area contributed by atoms with E-state index in [2.05, 4.69) is 15.0 Å². The molecule has 2 aromatic heterocycles. The number of aliphatic hydroxyl groups excluding tert-OH is 1. The van der Waals surface area contributed by atoms with Crippen molar-refractivity contribution >= 4 is 17.0 Å². The van der Waals surface area contributed by atoms with Crippen LogP contribution in [0.2, 0.25) is 0 Å².